The van der Waals surface area contributed by atoms with Gasteiger partial charge in [-0.2, -0.15) is 0 Å². The molecular formula is C12H16FNO3. The van der Waals surface area contributed by atoms with Gasteiger partial charge in [-0.05, 0) is 30.2 Å². The third-order valence-electron chi connectivity index (χ3n) is 2.77. The second-order valence-electron chi connectivity index (χ2n) is 4.03. The highest BCUT2D eigenvalue weighted by molar-refractivity contribution is 5.49. The number of rotatable bonds is 3. The minimum atomic E-state index is -1.17. The zero-order valence-corrected chi connectivity index (χ0v) is 9.65. The minimum absolute atomic E-state index is 0.237. The second-order valence-corrected chi connectivity index (χ2v) is 4.03. The zero-order chi connectivity index (χ0) is 12.4. The van der Waals surface area contributed by atoms with Crippen LogP contribution in [-0.2, 0) is 0 Å². The number of alkyl halides is 1. The first-order valence-corrected chi connectivity index (χ1v) is 5.57. The Balaban J connectivity index is 2.48. The van der Waals surface area contributed by atoms with Crippen molar-refractivity contribution in [3.05, 3.63) is 23.3 Å². The van der Waals surface area contributed by atoms with Crippen molar-refractivity contribution in [2.75, 3.05) is 19.8 Å². The first-order valence-electron chi connectivity index (χ1n) is 5.57. The summed E-state index contributed by atoms with van der Waals surface area (Å²) < 4.78 is 24.3. The fraction of sp³-hybridized carbons (Fsp3) is 0.500. The van der Waals surface area contributed by atoms with Gasteiger partial charge in [-0.15, -0.1) is 0 Å². The maximum atomic E-state index is 13.5. The van der Waals surface area contributed by atoms with Crippen LogP contribution in [0.3, 0.4) is 0 Å². The van der Waals surface area contributed by atoms with Crippen LogP contribution in [0.15, 0.2) is 12.1 Å². The van der Waals surface area contributed by atoms with Gasteiger partial charge in [0.05, 0.1) is 12.6 Å². The lowest BCUT2D eigenvalue weighted by Gasteiger charge is -2.23. The summed E-state index contributed by atoms with van der Waals surface area (Å²) in [5.41, 5.74) is 6.76. The van der Waals surface area contributed by atoms with Gasteiger partial charge in [0.2, 0.25) is 0 Å². The topological polar surface area (TPSA) is 64.7 Å². The molecule has 4 nitrogen and oxygen atoms in total. The van der Waals surface area contributed by atoms with Crippen molar-refractivity contribution in [2.45, 2.75) is 19.1 Å². The predicted octanol–water partition coefficient (Wildman–Crippen LogP) is 1.48. The summed E-state index contributed by atoms with van der Waals surface area (Å²) in [4.78, 5) is 0. The van der Waals surface area contributed by atoms with Crippen molar-refractivity contribution in [1.29, 1.82) is 0 Å². The van der Waals surface area contributed by atoms with Crippen LogP contribution in [0.4, 0.5) is 4.39 Å². The molecule has 0 radical (unpaired) electrons. The molecule has 1 heterocycles. The Bertz CT molecular complexity index is 409. The molecule has 1 aromatic rings. The lowest BCUT2D eigenvalue weighted by atomic mass is 9.97. The Morgan fingerprint density at radius 2 is 1.82 bits per heavy atom. The highest BCUT2D eigenvalue weighted by atomic mass is 19.1. The monoisotopic (exact) mass is 241 g/mol. The molecule has 2 rings (SSSR count). The molecule has 1 aliphatic heterocycles. The van der Waals surface area contributed by atoms with Crippen molar-refractivity contribution in [3.63, 3.8) is 0 Å². The van der Waals surface area contributed by atoms with Gasteiger partial charge < -0.3 is 20.3 Å². The van der Waals surface area contributed by atoms with Gasteiger partial charge >= 0.3 is 0 Å². The summed E-state index contributed by atoms with van der Waals surface area (Å²) in [5, 5.41) is 9.08. The summed E-state index contributed by atoms with van der Waals surface area (Å²) in [6.45, 7) is 2.11. The first kappa shape index (κ1) is 12.1. The third-order valence-corrected chi connectivity index (χ3v) is 2.77. The van der Waals surface area contributed by atoms with Crippen molar-refractivity contribution >= 4 is 0 Å². The number of aliphatic hydroxyl groups is 1. The number of aliphatic hydroxyl groups excluding tert-OH is 1. The Morgan fingerprint density at radius 1 is 1.29 bits per heavy atom. The van der Waals surface area contributed by atoms with Gasteiger partial charge in [0, 0.05) is 0 Å². The Kier molecular flexibility index (Phi) is 3.49. The van der Waals surface area contributed by atoms with Crippen LogP contribution in [0.2, 0.25) is 0 Å². The van der Waals surface area contributed by atoms with E-state index in [2.05, 4.69) is 0 Å². The quantitative estimate of drug-likeness (QED) is 0.841. The molecule has 0 aliphatic carbocycles. The van der Waals surface area contributed by atoms with Gasteiger partial charge in [-0.1, -0.05) is 0 Å². The smallest absolute Gasteiger partial charge is 0.161 e. The number of ether oxygens (including phenoxy) is 2. The van der Waals surface area contributed by atoms with E-state index >= 15 is 0 Å². The molecule has 94 valence electrons. The number of hydrogen-bond acceptors (Lipinski definition) is 4. The maximum Gasteiger partial charge on any atom is 0.161 e. The molecule has 0 spiro atoms. The normalized spacial score (nSPS) is 17.6. The summed E-state index contributed by atoms with van der Waals surface area (Å²) >= 11 is 0. The number of fused-ring (bicyclic) bond motifs is 1. The molecule has 2 atom stereocenters. The average molecular weight is 241 g/mol. The molecule has 1 aliphatic rings. The summed E-state index contributed by atoms with van der Waals surface area (Å²) in [5.74, 6) is 1.09. The maximum absolute atomic E-state index is 13.5. The van der Waals surface area contributed by atoms with Gasteiger partial charge in [0.25, 0.3) is 0 Å². The second kappa shape index (κ2) is 4.89. The fourth-order valence-electron chi connectivity index (χ4n) is 1.88. The van der Waals surface area contributed by atoms with Crippen LogP contribution < -0.4 is 15.2 Å². The highest BCUT2D eigenvalue weighted by Crippen LogP contribution is 2.38. The summed E-state index contributed by atoms with van der Waals surface area (Å²) in [7, 11) is 0. The van der Waals surface area contributed by atoms with Gasteiger partial charge in [0.1, 0.15) is 19.4 Å². The highest BCUT2D eigenvalue weighted by Gasteiger charge is 2.21. The molecule has 0 fully saturated rings. The van der Waals surface area contributed by atoms with Crippen molar-refractivity contribution in [1.82, 2.24) is 0 Å². The van der Waals surface area contributed by atoms with Crippen LogP contribution in [0, 0.1) is 0 Å². The zero-order valence-electron chi connectivity index (χ0n) is 9.65. The molecule has 0 bridgehead atoms. The average Bonchev–Trinajstić information content (AvgIpc) is 2.36. The molecule has 1 aromatic carbocycles. The molecule has 0 saturated carbocycles. The number of hydrogen-bond donors (Lipinski definition) is 2. The number of halogens is 1. The van der Waals surface area contributed by atoms with E-state index in [0.29, 0.717) is 35.8 Å². The number of nitrogens with two attached hydrogens (primary N) is 1. The lowest BCUT2D eigenvalue weighted by Crippen LogP contribution is -2.20. The van der Waals surface area contributed by atoms with Gasteiger partial charge in [-0.25, -0.2) is 4.39 Å². The standard InChI is InChI=1S/C12H16FNO3/c1-7(13)8-4-11-12(17-3-2-16-11)5-9(8)10(14)6-15/h4-5,7,10,15H,2-3,6,14H2,1H3. The SMILES string of the molecule is CC(F)c1cc2c(cc1C(N)CO)OCCO2. The van der Waals surface area contributed by atoms with Crippen LogP contribution in [-0.4, -0.2) is 24.9 Å². The largest absolute Gasteiger partial charge is 0.486 e. The Hall–Kier alpha value is -1.33. The molecule has 0 saturated heterocycles. The molecule has 17 heavy (non-hydrogen) atoms. The van der Waals surface area contributed by atoms with Crippen LogP contribution in [0.5, 0.6) is 11.5 Å². The van der Waals surface area contributed by atoms with Gasteiger partial charge in [0.15, 0.2) is 11.5 Å². The minimum Gasteiger partial charge on any atom is -0.486 e. The number of benzene rings is 1. The van der Waals surface area contributed by atoms with E-state index in [0.717, 1.165) is 0 Å². The molecular weight excluding hydrogens is 225 g/mol. The van der Waals surface area contributed by atoms with Crippen molar-refractivity contribution in [3.8, 4) is 11.5 Å². The van der Waals surface area contributed by atoms with E-state index in [1.807, 2.05) is 0 Å². The summed E-state index contributed by atoms with van der Waals surface area (Å²) in [6.07, 6.45) is -1.17. The fourth-order valence-corrected chi connectivity index (χ4v) is 1.88. The van der Waals surface area contributed by atoms with E-state index in [-0.39, 0.29) is 6.61 Å². The Morgan fingerprint density at radius 3 is 2.29 bits per heavy atom. The van der Waals surface area contributed by atoms with E-state index in [4.69, 9.17) is 20.3 Å². The molecule has 5 heteroatoms. The molecule has 0 aromatic heterocycles. The molecule has 2 unspecified atom stereocenters. The van der Waals surface area contributed by atoms with Crippen molar-refractivity contribution in [2.24, 2.45) is 5.73 Å². The van der Waals surface area contributed by atoms with Crippen molar-refractivity contribution < 1.29 is 19.0 Å². The lowest BCUT2D eigenvalue weighted by molar-refractivity contribution is 0.170. The van der Waals surface area contributed by atoms with Gasteiger partial charge in [-0.3, -0.25) is 0 Å². The first-order chi connectivity index (χ1) is 8.13. The Labute approximate surface area is 99.1 Å². The van der Waals surface area contributed by atoms with Crippen LogP contribution in [0.25, 0.3) is 0 Å². The van der Waals surface area contributed by atoms with E-state index in [1.165, 1.54) is 6.92 Å². The van der Waals surface area contributed by atoms with E-state index < -0.39 is 12.2 Å². The molecule has 0 amide bonds. The van der Waals surface area contributed by atoms with Crippen LogP contribution in [0.1, 0.15) is 30.3 Å². The predicted molar refractivity (Wildman–Crippen MR) is 61.0 cm³/mol. The third kappa shape index (κ3) is 2.35. The van der Waals surface area contributed by atoms with E-state index in [1.54, 1.807) is 12.1 Å². The summed E-state index contributed by atoms with van der Waals surface area (Å²) in [6, 6.07) is 2.64. The van der Waals surface area contributed by atoms with E-state index in [9.17, 15) is 4.39 Å². The van der Waals surface area contributed by atoms with Crippen LogP contribution >= 0.6 is 0 Å². The molecule has 3 N–H and O–H groups in total.